The molecule has 0 saturated heterocycles. The van der Waals surface area contributed by atoms with Crippen molar-refractivity contribution in [3.8, 4) is 0 Å². The van der Waals surface area contributed by atoms with Gasteiger partial charge in [-0.2, -0.15) is 0 Å². The maximum Gasteiger partial charge on any atom is 0.137 e. The summed E-state index contributed by atoms with van der Waals surface area (Å²) in [5.74, 6) is 0.665. The number of nitrogens with zero attached hydrogens (tertiary/aromatic N) is 3. The summed E-state index contributed by atoms with van der Waals surface area (Å²) in [4.78, 5) is 19.1. The van der Waals surface area contributed by atoms with Crippen molar-refractivity contribution >= 4 is 35.0 Å². The van der Waals surface area contributed by atoms with Crippen LogP contribution in [0, 0.1) is 4.91 Å². The summed E-state index contributed by atoms with van der Waals surface area (Å²) in [7, 11) is 1.75. The number of nitrogens with one attached hydrogen (secondary N) is 1. The van der Waals surface area contributed by atoms with Crippen LogP contribution < -0.4 is 5.32 Å². The Kier molecular flexibility index (Phi) is 2.51. The summed E-state index contributed by atoms with van der Waals surface area (Å²) in [5.41, 5.74) is 1.02. The van der Waals surface area contributed by atoms with E-state index in [1.807, 2.05) is 0 Å². The molecule has 6 heteroatoms. The zero-order valence-corrected chi connectivity index (χ0v) is 8.82. The Labute approximate surface area is 91.3 Å². The lowest BCUT2D eigenvalue weighted by atomic mass is 10.2. The molecule has 2 rings (SSSR count). The van der Waals surface area contributed by atoms with Gasteiger partial charge in [0.1, 0.15) is 17.8 Å². The quantitative estimate of drug-likeness (QED) is 0.602. The van der Waals surface area contributed by atoms with Gasteiger partial charge in [-0.05, 0) is 17.3 Å². The maximum absolute atomic E-state index is 10.5. The third-order valence-corrected chi connectivity index (χ3v) is 2.43. The Morgan fingerprint density at radius 1 is 1.40 bits per heavy atom. The van der Waals surface area contributed by atoms with Gasteiger partial charge < -0.3 is 5.32 Å². The van der Waals surface area contributed by atoms with Crippen LogP contribution >= 0.6 is 12.6 Å². The van der Waals surface area contributed by atoms with Gasteiger partial charge in [0, 0.05) is 17.3 Å². The van der Waals surface area contributed by atoms with Gasteiger partial charge in [0.15, 0.2) is 0 Å². The molecular formula is C9H8N4OS. The Morgan fingerprint density at radius 3 is 2.87 bits per heavy atom. The zero-order valence-electron chi connectivity index (χ0n) is 7.93. The first-order chi connectivity index (χ1) is 7.26. The van der Waals surface area contributed by atoms with Crippen LogP contribution in [0.4, 0.5) is 11.5 Å². The van der Waals surface area contributed by atoms with E-state index in [9.17, 15) is 4.91 Å². The molecule has 1 heterocycles. The smallest absolute Gasteiger partial charge is 0.137 e. The van der Waals surface area contributed by atoms with Crippen molar-refractivity contribution in [3.63, 3.8) is 0 Å². The maximum atomic E-state index is 10.5. The van der Waals surface area contributed by atoms with Gasteiger partial charge in [-0.25, -0.2) is 9.97 Å². The van der Waals surface area contributed by atoms with Gasteiger partial charge >= 0.3 is 0 Å². The molecule has 0 fully saturated rings. The van der Waals surface area contributed by atoms with E-state index in [2.05, 4.69) is 33.1 Å². The molecule has 0 unspecified atom stereocenters. The lowest BCUT2D eigenvalue weighted by Crippen LogP contribution is -1.94. The third-order valence-electron chi connectivity index (χ3n) is 2.07. The highest BCUT2D eigenvalue weighted by atomic mass is 32.1. The summed E-state index contributed by atoms with van der Waals surface area (Å²) in [6.07, 6.45) is 1.45. The summed E-state index contributed by atoms with van der Waals surface area (Å²) >= 11 is 4.14. The number of nitroso groups, excluding NO2 is 1. The largest absolute Gasteiger partial charge is 0.373 e. The van der Waals surface area contributed by atoms with Crippen molar-refractivity contribution < 1.29 is 0 Å². The van der Waals surface area contributed by atoms with Crippen molar-refractivity contribution in [3.05, 3.63) is 23.4 Å². The van der Waals surface area contributed by atoms with Crippen molar-refractivity contribution in [1.29, 1.82) is 0 Å². The van der Waals surface area contributed by atoms with Gasteiger partial charge in [0.2, 0.25) is 0 Å². The molecule has 5 nitrogen and oxygen atoms in total. The minimum absolute atomic E-state index is 0.289. The van der Waals surface area contributed by atoms with Crippen LogP contribution in [0.3, 0.4) is 0 Å². The minimum Gasteiger partial charge on any atom is -0.373 e. The second-order valence-corrected chi connectivity index (χ2v) is 3.40. The SMILES string of the molecule is CNc1ncnc2cc(S)c(N=O)cc12. The van der Waals surface area contributed by atoms with Gasteiger partial charge in [-0.3, -0.25) is 0 Å². The Balaban J connectivity index is 2.81. The van der Waals surface area contributed by atoms with Crippen molar-refractivity contribution in [2.24, 2.45) is 5.18 Å². The lowest BCUT2D eigenvalue weighted by Gasteiger charge is -2.05. The normalized spacial score (nSPS) is 10.3. The van der Waals surface area contributed by atoms with Gasteiger partial charge in [-0.15, -0.1) is 17.5 Å². The summed E-state index contributed by atoms with van der Waals surface area (Å²) in [6, 6.07) is 3.31. The first-order valence-electron chi connectivity index (χ1n) is 4.25. The molecule has 0 atom stereocenters. The van der Waals surface area contributed by atoms with Crippen LogP contribution in [0.5, 0.6) is 0 Å². The van der Waals surface area contributed by atoms with Gasteiger partial charge in [-0.1, -0.05) is 0 Å². The fraction of sp³-hybridized carbons (Fsp3) is 0.111. The molecule has 1 aromatic heterocycles. The summed E-state index contributed by atoms with van der Waals surface area (Å²) in [5, 5.41) is 6.56. The number of rotatable bonds is 2. The molecule has 1 aromatic carbocycles. The molecule has 2 aromatic rings. The Bertz CT molecular complexity index is 529. The first-order valence-corrected chi connectivity index (χ1v) is 4.70. The summed E-state index contributed by atoms with van der Waals surface area (Å²) < 4.78 is 0. The van der Waals surface area contributed by atoms with Crippen LogP contribution in [-0.4, -0.2) is 17.0 Å². The number of hydrogen-bond donors (Lipinski definition) is 2. The molecule has 0 aliphatic rings. The number of anilines is 1. The highest BCUT2D eigenvalue weighted by Gasteiger charge is 2.07. The van der Waals surface area contributed by atoms with E-state index in [1.165, 1.54) is 6.33 Å². The van der Waals surface area contributed by atoms with E-state index in [4.69, 9.17) is 0 Å². The number of thiol groups is 1. The predicted octanol–water partition coefficient (Wildman–Crippen LogP) is 2.36. The number of benzene rings is 1. The molecule has 0 aliphatic carbocycles. The molecular weight excluding hydrogens is 212 g/mol. The topological polar surface area (TPSA) is 67.2 Å². The van der Waals surface area contributed by atoms with E-state index in [-0.39, 0.29) is 5.69 Å². The van der Waals surface area contributed by atoms with Crippen LogP contribution in [0.2, 0.25) is 0 Å². The molecule has 0 bridgehead atoms. The van der Waals surface area contributed by atoms with Crippen LogP contribution in [0.25, 0.3) is 10.9 Å². The highest BCUT2D eigenvalue weighted by molar-refractivity contribution is 7.80. The third kappa shape index (κ3) is 1.63. The van der Waals surface area contributed by atoms with Crippen LogP contribution in [0.1, 0.15) is 0 Å². The molecule has 76 valence electrons. The molecule has 1 N–H and O–H groups in total. The second-order valence-electron chi connectivity index (χ2n) is 2.92. The van der Waals surface area contributed by atoms with Crippen LogP contribution in [-0.2, 0) is 0 Å². The number of hydrogen-bond acceptors (Lipinski definition) is 6. The van der Waals surface area contributed by atoms with Crippen molar-refractivity contribution in [1.82, 2.24) is 9.97 Å². The fourth-order valence-electron chi connectivity index (χ4n) is 1.35. The van der Waals surface area contributed by atoms with E-state index < -0.39 is 0 Å². The van der Waals surface area contributed by atoms with Crippen LogP contribution in [0.15, 0.2) is 28.5 Å². The first kappa shape index (κ1) is 9.85. The standard InChI is InChI=1S/C9H8N4OS/c1-10-9-5-2-7(13-14)8(15)3-6(5)11-4-12-9/h2-4,15H,1H3,(H,10,11,12). The lowest BCUT2D eigenvalue weighted by molar-refractivity contribution is 1.20. The minimum atomic E-state index is 0.289. The van der Waals surface area contributed by atoms with E-state index in [1.54, 1.807) is 19.2 Å². The average molecular weight is 220 g/mol. The Morgan fingerprint density at radius 2 is 2.20 bits per heavy atom. The van der Waals surface area contributed by atoms with Gasteiger partial charge in [0.25, 0.3) is 0 Å². The monoisotopic (exact) mass is 220 g/mol. The van der Waals surface area contributed by atoms with Crippen molar-refractivity contribution in [2.45, 2.75) is 4.90 Å². The van der Waals surface area contributed by atoms with E-state index in [0.717, 1.165) is 10.9 Å². The molecule has 0 aliphatic heterocycles. The molecule has 0 amide bonds. The highest BCUT2D eigenvalue weighted by Crippen LogP contribution is 2.30. The zero-order chi connectivity index (χ0) is 10.8. The fourth-order valence-corrected chi connectivity index (χ4v) is 1.58. The molecule has 0 spiro atoms. The van der Waals surface area contributed by atoms with Gasteiger partial charge in [0.05, 0.1) is 5.52 Å². The van der Waals surface area contributed by atoms with E-state index in [0.29, 0.717) is 10.7 Å². The summed E-state index contributed by atoms with van der Waals surface area (Å²) in [6.45, 7) is 0. The average Bonchev–Trinajstić information content (AvgIpc) is 2.27. The Hall–Kier alpha value is -1.69. The molecule has 0 saturated carbocycles. The van der Waals surface area contributed by atoms with E-state index >= 15 is 0 Å². The second kappa shape index (κ2) is 3.82. The number of aromatic nitrogens is 2. The molecule has 0 radical (unpaired) electrons. The number of fused-ring (bicyclic) bond motifs is 1. The molecule has 15 heavy (non-hydrogen) atoms. The van der Waals surface area contributed by atoms with Crippen molar-refractivity contribution in [2.75, 3.05) is 12.4 Å². The predicted molar refractivity (Wildman–Crippen MR) is 61.8 cm³/mol.